The molecule has 0 aliphatic rings. The Hall–Kier alpha value is -1.17. The van der Waals surface area contributed by atoms with E-state index in [0.29, 0.717) is 17.3 Å². The second-order valence-electron chi connectivity index (χ2n) is 4.61. The van der Waals surface area contributed by atoms with Crippen molar-refractivity contribution in [2.75, 3.05) is 19.4 Å². The van der Waals surface area contributed by atoms with Gasteiger partial charge in [-0.2, -0.15) is 11.8 Å². The number of amides is 1. The van der Waals surface area contributed by atoms with E-state index in [1.807, 2.05) is 11.8 Å². The van der Waals surface area contributed by atoms with Gasteiger partial charge in [-0.15, -0.1) is 11.3 Å². The molecule has 2 aromatic rings. The quantitative estimate of drug-likeness (QED) is 0.727. The van der Waals surface area contributed by atoms with Crippen LogP contribution in [0.4, 0.5) is 0 Å². The molecule has 0 aliphatic heterocycles. The van der Waals surface area contributed by atoms with Crippen LogP contribution in [0.2, 0.25) is 5.02 Å². The first-order valence-electron chi connectivity index (χ1n) is 6.88. The second-order valence-corrected chi connectivity index (χ2v) is 7.19. The topological polar surface area (TPSA) is 38.3 Å². The molecule has 0 aliphatic carbocycles. The molecule has 1 aromatic heterocycles. The molecule has 1 amide bonds. The Bertz CT molecular complexity index is 602. The molecule has 6 heteroatoms. The van der Waals surface area contributed by atoms with Crippen molar-refractivity contribution in [3.05, 3.63) is 51.2 Å². The highest BCUT2D eigenvalue weighted by molar-refractivity contribution is 7.98. The Morgan fingerprint density at radius 3 is 3.00 bits per heavy atom. The van der Waals surface area contributed by atoms with Crippen molar-refractivity contribution >= 4 is 40.6 Å². The monoisotopic (exact) mass is 355 g/mol. The number of thioether (sulfide) groups is 1. The van der Waals surface area contributed by atoms with Gasteiger partial charge in [0.1, 0.15) is 5.75 Å². The number of methoxy groups -OCH3 is 1. The fraction of sp³-hybridized carbons (Fsp3) is 0.312. The van der Waals surface area contributed by atoms with Crippen molar-refractivity contribution in [1.82, 2.24) is 5.32 Å². The minimum absolute atomic E-state index is 0.0164. The summed E-state index contributed by atoms with van der Waals surface area (Å²) >= 11 is 9.54. The van der Waals surface area contributed by atoms with E-state index in [9.17, 15) is 4.79 Å². The summed E-state index contributed by atoms with van der Waals surface area (Å²) in [4.78, 5) is 13.3. The van der Waals surface area contributed by atoms with E-state index in [-0.39, 0.29) is 12.3 Å². The summed E-state index contributed by atoms with van der Waals surface area (Å²) in [5.41, 5.74) is 0.804. The Labute approximate surface area is 144 Å². The van der Waals surface area contributed by atoms with Crippen LogP contribution >= 0.6 is 34.7 Å². The highest BCUT2D eigenvalue weighted by Crippen LogP contribution is 2.23. The van der Waals surface area contributed by atoms with Crippen molar-refractivity contribution < 1.29 is 9.53 Å². The molecule has 3 nitrogen and oxygen atoms in total. The van der Waals surface area contributed by atoms with E-state index in [2.05, 4.69) is 22.8 Å². The fourth-order valence-corrected chi connectivity index (χ4v) is 3.84. The van der Waals surface area contributed by atoms with Crippen LogP contribution < -0.4 is 10.1 Å². The molecular weight excluding hydrogens is 338 g/mol. The minimum atomic E-state index is -0.0164. The van der Waals surface area contributed by atoms with Gasteiger partial charge in [-0.1, -0.05) is 17.7 Å². The van der Waals surface area contributed by atoms with Crippen LogP contribution in [-0.2, 0) is 17.0 Å². The zero-order valence-corrected chi connectivity index (χ0v) is 14.7. The summed E-state index contributed by atoms with van der Waals surface area (Å²) in [5, 5.41) is 5.61. The molecule has 1 heterocycles. The van der Waals surface area contributed by atoms with Crippen LogP contribution in [0.25, 0.3) is 0 Å². The fourth-order valence-electron chi connectivity index (χ4n) is 1.95. The number of thiophene rings is 1. The van der Waals surface area contributed by atoms with E-state index < -0.39 is 0 Å². The first kappa shape index (κ1) is 17.2. The molecular formula is C16H18ClNO2S2. The first-order chi connectivity index (χ1) is 10.7. The lowest BCUT2D eigenvalue weighted by atomic mass is 10.1. The third-order valence-electron chi connectivity index (χ3n) is 2.99. The molecule has 1 aromatic carbocycles. The predicted molar refractivity (Wildman–Crippen MR) is 95.2 cm³/mol. The van der Waals surface area contributed by atoms with Crippen LogP contribution in [0.15, 0.2) is 35.7 Å². The van der Waals surface area contributed by atoms with E-state index >= 15 is 0 Å². The molecule has 2 rings (SSSR count). The Morgan fingerprint density at radius 1 is 1.41 bits per heavy atom. The molecule has 0 saturated carbocycles. The standard InChI is InChI=1S/C16H18ClNO2S2/c1-20-15-5-4-13(17)9-12(15)10-16(19)18-6-8-21-11-14-3-2-7-22-14/h2-5,7,9H,6,8,10-11H2,1H3,(H,18,19). The second kappa shape index (κ2) is 9.08. The van der Waals surface area contributed by atoms with Crippen molar-refractivity contribution in [3.63, 3.8) is 0 Å². The highest BCUT2D eigenvalue weighted by atomic mass is 35.5. The largest absolute Gasteiger partial charge is 0.496 e. The number of carbonyl (C=O) groups excluding carboxylic acids is 1. The number of carbonyl (C=O) groups is 1. The Balaban J connectivity index is 1.70. The summed E-state index contributed by atoms with van der Waals surface area (Å²) in [6.07, 6.45) is 0.277. The lowest BCUT2D eigenvalue weighted by Gasteiger charge is -2.09. The van der Waals surface area contributed by atoms with Gasteiger partial charge in [0.2, 0.25) is 5.91 Å². The number of halogens is 1. The number of nitrogens with one attached hydrogen (secondary N) is 1. The smallest absolute Gasteiger partial charge is 0.224 e. The summed E-state index contributed by atoms with van der Waals surface area (Å²) in [6, 6.07) is 9.48. The van der Waals surface area contributed by atoms with Crippen LogP contribution in [0.1, 0.15) is 10.4 Å². The Morgan fingerprint density at radius 2 is 2.27 bits per heavy atom. The molecule has 118 valence electrons. The first-order valence-corrected chi connectivity index (χ1v) is 9.29. The van der Waals surface area contributed by atoms with Gasteiger partial charge in [-0.25, -0.2) is 0 Å². The lowest BCUT2D eigenvalue weighted by Crippen LogP contribution is -2.27. The normalized spacial score (nSPS) is 10.5. The average molecular weight is 356 g/mol. The summed E-state index contributed by atoms with van der Waals surface area (Å²) in [6.45, 7) is 0.664. The van der Waals surface area contributed by atoms with Gasteiger partial charge in [0.25, 0.3) is 0 Å². The van der Waals surface area contributed by atoms with Gasteiger partial charge >= 0.3 is 0 Å². The van der Waals surface area contributed by atoms with Gasteiger partial charge < -0.3 is 10.1 Å². The maximum atomic E-state index is 12.0. The van der Waals surface area contributed by atoms with Gasteiger partial charge in [-0.3, -0.25) is 4.79 Å². The van der Waals surface area contributed by atoms with E-state index in [4.69, 9.17) is 16.3 Å². The molecule has 0 saturated heterocycles. The van der Waals surface area contributed by atoms with Gasteiger partial charge in [-0.05, 0) is 29.6 Å². The van der Waals surface area contributed by atoms with E-state index in [1.165, 1.54) is 4.88 Å². The number of hydrogen-bond acceptors (Lipinski definition) is 4. The number of hydrogen-bond donors (Lipinski definition) is 1. The van der Waals surface area contributed by atoms with E-state index in [1.54, 1.807) is 36.6 Å². The van der Waals surface area contributed by atoms with E-state index in [0.717, 1.165) is 17.1 Å². The number of benzene rings is 1. The third-order valence-corrected chi connectivity index (χ3v) is 5.29. The Kier molecular flexibility index (Phi) is 7.09. The van der Waals surface area contributed by atoms with Crippen molar-refractivity contribution in [1.29, 1.82) is 0 Å². The van der Waals surface area contributed by atoms with Crippen molar-refractivity contribution in [2.45, 2.75) is 12.2 Å². The van der Waals surface area contributed by atoms with Crippen LogP contribution in [0, 0.1) is 0 Å². The van der Waals surface area contributed by atoms with Gasteiger partial charge in [0.05, 0.1) is 13.5 Å². The molecule has 0 atom stereocenters. The molecule has 0 fully saturated rings. The van der Waals surface area contributed by atoms with Gasteiger partial charge in [0, 0.05) is 33.5 Å². The van der Waals surface area contributed by atoms with Crippen molar-refractivity contribution in [2.24, 2.45) is 0 Å². The zero-order valence-electron chi connectivity index (χ0n) is 12.3. The third kappa shape index (κ3) is 5.55. The summed E-state index contributed by atoms with van der Waals surface area (Å²) in [7, 11) is 1.59. The molecule has 22 heavy (non-hydrogen) atoms. The summed E-state index contributed by atoms with van der Waals surface area (Å²) < 4.78 is 5.24. The number of ether oxygens (including phenoxy) is 1. The van der Waals surface area contributed by atoms with Gasteiger partial charge in [0.15, 0.2) is 0 Å². The maximum Gasteiger partial charge on any atom is 0.224 e. The maximum absolute atomic E-state index is 12.0. The number of rotatable bonds is 8. The lowest BCUT2D eigenvalue weighted by molar-refractivity contribution is -0.120. The minimum Gasteiger partial charge on any atom is -0.496 e. The summed E-state index contributed by atoms with van der Waals surface area (Å²) in [5.74, 6) is 2.57. The van der Waals surface area contributed by atoms with Crippen LogP contribution in [-0.4, -0.2) is 25.3 Å². The van der Waals surface area contributed by atoms with Crippen LogP contribution in [0.5, 0.6) is 5.75 Å². The average Bonchev–Trinajstić information content (AvgIpc) is 3.00. The molecule has 0 bridgehead atoms. The molecule has 0 spiro atoms. The zero-order chi connectivity index (χ0) is 15.8. The van der Waals surface area contributed by atoms with Crippen LogP contribution in [0.3, 0.4) is 0 Å². The van der Waals surface area contributed by atoms with Crippen molar-refractivity contribution in [3.8, 4) is 5.75 Å². The SMILES string of the molecule is COc1ccc(Cl)cc1CC(=O)NCCSCc1cccs1. The highest BCUT2D eigenvalue weighted by Gasteiger charge is 2.09. The molecule has 0 radical (unpaired) electrons. The predicted octanol–water partition coefficient (Wildman–Crippen LogP) is 4.00. The molecule has 0 unspecified atom stereocenters. The molecule has 1 N–H and O–H groups in total.